The predicted molar refractivity (Wildman–Crippen MR) is 40.9 cm³/mol. The van der Waals surface area contributed by atoms with E-state index in [9.17, 15) is 24.6 Å². The van der Waals surface area contributed by atoms with Crippen LogP contribution in [0.5, 0.6) is 0 Å². The lowest BCUT2D eigenvalue weighted by atomic mass is 10.4. The van der Waals surface area contributed by atoms with Crippen molar-refractivity contribution in [3.63, 3.8) is 0 Å². The summed E-state index contributed by atoms with van der Waals surface area (Å²) >= 11 is 0. The Balaban J connectivity index is 4.34. The number of hydrogen-bond acceptors (Lipinski definition) is 5. The van der Waals surface area contributed by atoms with E-state index in [0.29, 0.717) is 0 Å². The number of alkyl halides is 1. The number of rotatable bonds is 6. The van der Waals surface area contributed by atoms with Gasteiger partial charge in [0.25, 0.3) is 0 Å². The van der Waals surface area contributed by atoms with E-state index in [-0.39, 0.29) is 6.54 Å². The smallest absolute Gasteiger partial charge is 0.297 e. The minimum Gasteiger partial charge on any atom is -0.297 e. The van der Waals surface area contributed by atoms with Crippen LogP contribution < -0.4 is 5.32 Å². The monoisotopic (exact) mass is 193 g/mol. The van der Waals surface area contributed by atoms with E-state index in [1.807, 2.05) is 0 Å². The van der Waals surface area contributed by atoms with Gasteiger partial charge in [0.15, 0.2) is 6.54 Å². The van der Waals surface area contributed by atoms with Crippen LogP contribution in [0.3, 0.4) is 0 Å². The van der Waals surface area contributed by atoms with Gasteiger partial charge in [-0.1, -0.05) is 10.5 Å². The molecule has 0 amide bonds. The molecule has 0 radical (unpaired) electrons. The van der Waals surface area contributed by atoms with Crippen LogP contribution in [0.1, 0.15) is 0 Å². The lowest BCUT2D eigenvalue weighted by molar-refractivity contribution is -0.828. The summed E-state index contributed by atoms with van der Waals surface area (Å²) in [6.07, 6.45) is 1.31. The molecule has 0 bridgehead atoms. The van der Waals surface area contributed by atoms with Gasteiger partial charge in [-0.3, -0.25) is 25.5 Å². The molecule has 0 saturated heterocycles. The number of hydrogen-bond donors (Lipinski definition) is 1. The van der Waals surface area contributed by atoms with E-state index in [4.69, 9.17) is 0 Å². The molecule has 0 aliphatic rings. The molecule has 0 atom stereocenters. The van der Waals surface area contributed by atoms with Crippen molar-refractivity contribution in [2.24, 2.45) is 0 Å². The zero-order valence-electron chi connectivity index (χ0n) is 6.60. The van der Waals surface area contributed by atoms with Gasteiger partial charge in [0.05, 0.1) is 0 Å². The predicted octanol–water partition coefficient (Wildman–Crippen LogP) is -0.0613. The third-order valence-corrected chi connectivity index (χ3v) is 1.20. The third kappa shape index (κ3) is 2.75. The fourth-order valence-electron chi connectivity index (χ4n) is 0.529. The molecule has 8 heteroatoms. The number of nitrogens with zero attached hydrogens (tertiary/aromatic N) is 2. The van der Waals surface area contributed by atoms with Gasteiger partial charge in [0, 0.05) is 6.54 Å². The molecule has 0 fully saturated rings. The van der Waals surface area contributed by atoms with E-state index in [1.165, 1.54) is 6.08 Å². The SMILES string of the molecule is C=CCNCC(F)([N+](=O)[O-])[N+](=O)[O-]. The number of halogens is 1. The average Bonchev–Trinajstić information content (AvgIpc) is 2.03. The molecule has 0 aliphatic heterocycles. The van der Waals surface area contributed by atoms with Crippen LogP contribution in [0, 0.1) is 20.2 Å². The van der Waals surface area contributed by atoms with Gasteiger partial charge in [-0.25, -0.2) is 0 Å². The van der Waals surface area contributed by atoms with Crippen LogP contribution in [-0.2, 0) is 0 Å². The highest BCUT2D eigenvalue weighted by Gasteiger charge is 2.57. The van der Waals surface area contributed by atoms with Crippen molar-refractivity contribution >= 4 is 0 Å². The molecule has 0 rings (SSSR count). The summed E-state index contributed by atoms with van der Waals surface area (Å²) in [5, 5.41) is 22.1. The first-order chi connectivity index (χ1) is 5.95. The van der Waals surface area contributed by atoms with E-state index >= 15 is 0 Å². The molecule has 1 N–H and O–H groups in total. The Kier molecular flexibility index (Phi) is 3.92. The third-order valence-electron chi connectivity index (χ3n) is 1.20. The highest BCUT2D eigenvalue weighted by Crippen LogP contribution is 2.10. The molecule has 0 aromatic heterocycles. The van der Waals surface area contributed by atoms with Crippen LogP contribution >= 0.6 is 0 Å². The maximum Gasteiger partial charge on any atom is 0.626 e. The van der Waals surface area contributed by atoms with Gasteiger partial charge >= 0.3 is 5.92 Å². The lowest BCUT2D eigenvalue weighted by Gasteiger charge is -2.07. The standard InChI is InChI=1S/C5H8FN3O4/c1-2-3-7-4-5(6,8(10)11)9(12)13/h2,7H,1,3-4H2. The summed E-state index contributed by atoms with van der Waals surface area (Å²) < 4.78 is 12.9. The summed E-state index contributed by atoms with van der Waals surface area (Å²) in [5.41, 5.74) is 0. The second-order valence-electron chi connectivity index (χ2n) is 2.15. The molecular formula is C5H8FN3O4. The van der Waals surface area contributed by atoms with Crippen molar-refractivity contribution in [2.45, 2.75) is 5.92 Å². The fourth-order valence-corrected chi connectivity index (χ4v) is 0.529. The minimum atomic E-state index is -3.66. The van der Waals surface area contributed by atoms with Crippen molar-refractivity contribution in [1.29, 1.82) is 0 Å². The highest BCUT2D eigenvalue weighted by molar-refractivity contribution is 4.71. The molecule has 7 nitrogen and oxygen atoms in total. The normalized spacial score (nSPS) is 10.8. The first-order valence-electron chi connectivity index (χ1n) is 3.24. The first-order valence-corrected chi connectivity index (χ1v) is 3.24. The van der Waals surface area contributed by atoms with Gasteiger partial charge in [0.1, 0.15) is 9.85 Å². The topological polar surface area (TPSA) is 98.3 Å². The van der Waals surface area contributed by atoms with Crippen molar-refractivity contribution in [2.75, 3.05) is 13.1 Å². The largest absolute Gasteiger partial charge is 0.626 e. The average molecular weight is 193 g/mol. The van der Waals surface area contributed by atoms with Gasteiger partial charge in [-0.05, 0) is 0 Å². The summed E-state index contributed by atoms with van der Waals surface area (Å²) in [6, 6.07) is 0. The molecule has 0 aromatic rings. The molecule has 0 unspecified atom stereocenters. The maximum absolute atomic E-state index is 12.9. The Labute approximate surface area is 72.5 Å². The van der Waals surface area contributed by atoms with Crippen molar-refractivity contribution in [1.82, 2.24) is 5.32 Å². The Morgan fingerprint density at radius 1 is 1.46 bits per heavy atom. The van der Waals surface area contributed by atoms with E-state index in [1.54, 1.807) is 0 Å². The zero-order chi connectivity index (χ0) is 10.5. The summed E-state index contributed by atoms with van der Waals surface area (Å²) in [5.74, 6) is -3.66. The number of nitro groups is 2. The van der Waals surface area contributed by atoms with Gasteiger partial charge < -0.3 is 0 Å². The minimum absolute atomic E-state index is 0.0628. The van der Waals surface area contributed by atoms with E-state index in [2.05, 4.69) is 11.9 Å². The van der Waals surface area contributed by atoms with Gasteiger partial charge in [0.2, 0.25) is 0 Å². The Morgan fingerprint density at radius 3 is 2.23 bits per heavy atom. The molecule has 0 spiro atoms. The van der Waals surface area contributed by atoms with Gasteiger partial charge in [-0.2, -0.15) is 0 Å². The molecule has 0 aliphatic carbocycles. The summed E-state index contributed by atoms with van der Waals surface area (Å²) in [7, 11) is 0. The zero-order valence-corrected chi connectivity index (χ0v) is 6.60. The quantitative estimate of drug-likeness (QED) is 0.159. The Bertz CT molecular complexity index is 218. The summed E-state index contributed by atoms with van der Waals surface area (Å²) in [6.45, 7) is 2.32. The number of nitrogens with one attached hydrogen (secondary N) is 1. The molecule has 0 heterocycles. The van der Waals surface area contributed by atoms with E-state index < -0.39 is 22.3 Å². The van der Waals surface area contributed by atoms with Crippen LogP contribution in [0.15, 0.2) is 12.7 Å². The van der Waals surface area contributed by atoms with Crippen molar-refractivity contribution < 1.29 is 14.2 Å². The second kappa shape index (κ2) is 4.45. The Hall–Kier alpha value is -1.57. The maximum atomic E-state index is 12.9. The van der Waals surface area contributed by atoms with Crippen molar-refractivity contribution in [3.8, 4) is 0 Å². The van der Waals surface area contributed by atoms with Crippen LogP contribution in [0.25, 0.3) is 0 Å². The van der Waals surface area contributed by atoms with E-state index in [0.717, 1.165) is 0 Å². The molecule has 0 saturated carbocycles. The molecular weight excluding hydrogens is 185 g/mol. The van der Waals surface area contributed by atoms with Gasteiger partial charge in [-0.15, -0.1) is 6.58 Å². The molecule has 74 valence electrons. The van der Waals surface area contributed by atoms with Crippen molar-refractivity contribution in [3.05, 3.63) is 32.9 Å². The Morgan fingerprint density at radius 2 is 1.92 bits per heavy atom. The highest BCUT2D eigenvalue weighted by atomic mass is 19.2. The summed E-state index contributed by atoms with van der Waals surface area (Å²) in [4.78, 5) is 16.8. The lowest BCUT2D eigenvalue weighted by Crippen LogP contribution is -2.49. The van der Waals surface area contributed by atoms with Crippen LogP contribution in [0.4, 0.5) is 4.39 Å². The van der Waals surface area contributed by atoms with Crippen LogP contribution in [0.2, 0.25) is 0 Å². The second-order valence-corrected chi connectivity index (χ2v) is 2.15. The van der Waals surface area contributed by atoms with Crippen LogP contribution in [-0.4, -0.2) is 28.9 Å². The molecule has 13 heavy (non-hydrogen) atoms. The molecule has 0 aromatic carbocycles. The fraction of sp³-hybridized carbons (Fsp3) is 0.600. The first kappa shape index (κ1) is 11.4.